The monoisotopic (exact) mass is 414 g/mol. The fourth-order valence-corrected chi connectivity index (χ4v) is 2.34. The van der Waals surface area contributed by atoms with Gasteiger partial charge < -0.3 is 24.9 Å². The lowest BCUT2D eigenvalue weighted by molar-refractivity contribution is -0.137. The summed E-state index contributed by atoms with van der Waals surface area (Å²) >= 11 is 0. The molecule has 0 aromatic carbocycles. The van der Waals surface area contributed by atoms with Gasteiger partial charge in [-0.2, -0.15) is 13.2 Å². The number of rotatable bonds is 8. The highest BCUT2D eigenvalue weighted by Gasteiger charge is 2.30. The number of alkyl halides is 3. The van der Waals surface area contributed by atoms with Gasteiger partial charge in [0, 0.05) is 18.8 Å². The molecule has 7 nitrogen and oxygen atoms in total. The first kappa shape index (κ1) is 22.5. The van der Waals surface area contributed by atoms with Crippen LogP contribution in [0, 0.1) is 6.92 Å². The van der Waals surface area contributed by atoms with E-state index in [2.05, 4.69) is 20.6 Å². The maximum absolute atomic E-state index is 12.5. The van der Waals surface area contributed by atoms with Crippen molar-refractivity contribution in [3.05, 3.63) is 47.5 Å². The van der Waals surface area contributed by atoms with Gasteiger partial charge in [0.05, 0.1) is 18.7 Å². The second kappa shape index (κ2) is 9.64. The van der Waals surface area contributed by atoms with E-state index >= 15 is 0 Å². The standard InChI is InChI=1S/C19H25F3N4O3/c1-4-23-17(26-12-18(3,27)15-7-5-13(2)29-15)24-9-10-28-16-8-6-14(11-25-16)19(20,21)22/h5-8,11,27H,4,9-10,12H2,1-3H3,(H2,23,24,26). The topological polar surface area (TPSA) is 91.9 Å². The Balaban J connectivity index is 1.85. The number of halogens is 3. The van der Waals surface area contributed by atoms with Crippen LogP contribution in [0.5, 0.6) is 5.88 Å². The quantitative estimate of drug-likeness (QED) is 0.350. The number of furan rings is 1. The van der Waals surface area contributed by atoms with Gasteiger partial charge in [0.1, 0.15) is 23.7 Å². The summed E-state index contributed by atoms with van der Waals surface area (Å²) in [5.41, 5.74) is -2.10. The number of ether oxygens (including phenoxy) is 1. The Hall–Kier alpha value is -2.75. The molecule has 0 aliphatic rings. The summed E-state index contributed by atoms with van der Waals surface area (Å²) in [7, 11) is 0. The molecule has 0 spiro atoms. The maximum Gasteiger partial charge on any atom is 0.417 e. The second-order valence-electron chi connectivity index (χ2n) is 6.54. The minimum absolute atomic E-state index is 0.0661. The molecule has 3 N–H and O–H groups in total. The highest BCUT2D eigenvalue weighted by atomic mass is 19.4. The van der Waals surface area contributed by atoms with Crippen molar-refractivity contribution in [1.82, 2.24) is 15.6 Å². The molecule has 1 unspecified atom stereocenters. The molecule has 0 saturated carbocycles. The molecule has 2 heterocycles. The Labute approximate surface area is 167 Å². The predicted molar refractivity (Wildman–Crippen MR) is 102 cm³/mol. The average Bonchev–Trinajstić information content (AvgIpc) is 3.10. The third-order valence-corrected chi connectivity index (χ3v) is 3.87. The second-order valence-corrected chi connectivity index (χ2v) is 6.54. The molecule has 0 aliphatic heterocycles. The molecule has 0 saturated heterocycles. The van der Waals surface area contributed by atoms with Crippen LogP contribution in [0.4, 0.5) is 13.2 Å². The van der Waals surface area contributed by atoms with E-state index in [-0.39, 0.29) is 19.0 Å². The number of aliphatic imine (C=N–C) groups is 1. The van der Waals surface area contributed by atoms with Crippen LogP contribution < -0.4 is 15.4 Å². The number of guanidine groups is 1. The Kier molecular flexibility index (Phi) is 7.49. The van der Waals surface area contributed by atoms with Gasteiger partial charge in [-0.25, -0.2) is 9.98 Å². The Morgan fingerprint density at radius 2 is 2.00 bits per heavy atom. The van der Waals surface area contributed by atoms with Gasteiger partial charge in [0.15, 0.2) is 5.96 Å². The van der Waals surface area contributed by atoms with Crippen LogP contribution in [-0.2, 0) is 11.8 Å². The van der Waals surface area contributed by atoms with E-state index in [1.165, 1.54) is 6.07 Å². The molecule has 0 fully saturated rings. The molecular formula is C19H25F3N4O3. The van der Waals surface area contributed by atoms with E-state index < -0.39 is 17.3 Å². The minimum Gasteiger partial charge on any atom is -0.476 e. The summed E-state index contributed by atoms with van der Waals surface area (Å²) in [6.45, 7) is 6.46. The number of pyridine rings is 1. The van der Waals surface area contributed by atoms with Crippen molar-refractivity contribution in [2.45, 2.75) is 32.5 Å². The van der Waals surface area contributed by atoms with Gasteiger partial charge in [-0.05, 0) is 39.0 Å². The maximum atomic E-state index is 12.5. The van der Waals surface area contributed by atoms with Crippen molar-refractivity contribution >= 4 is 5.96 Å². The van der Waals surface area contributed by atoms with Crippen molar-refractivity contribution in [2.75, 3.05) is 26.2 Å². The van der Waals surface area contributed by atoms with E-state index in [9.17, 15) is 18.3 Å². The van der Waals surface area contributed by atoms with Crippen LogP contribution in [-0.4, -0.2) is 42.3 Å². The van der Waals surface area contributed by atoms with Crippen LogP contribution >= 0.6 is 0 Å². The first-order valence-corrected chi connectivity index (χ1v) is 9.09. The van der Waals surface area contributed by atoms with Crippen molar-refractivity contribution in [2.24, 2.45) is 4.99 Å². The first-order chi connectivity index (χ1) is 13.6. The zero-order valence-corrected chi connectivity index (χ0v) is 16.5. The molecule has 160 valence electrons. The third-order valence-electron chi connectivity index (χ3n) is 3.87. The van der Waals surface area contributed by atoms with E-state index in [1.807, 2.05) is 6.92 Å². The number of aromatic nitrogens is 1. The Morgan fingerprint density at radius 1 is 1.24 bits per heavy atom. The summed E-state index contributed by atoms with van der Waals surface area (Å²) < 4.78 is 48.3. The molecule has 2 aromatic heterocycles. The van der Waals surface area contributed by atoms with E-state index in [1.54, 1.807) is 26.0 Å². The van der Waals surface area contributed by atoms with Crippen LogP contribution in [0.25, 0.3) is 0 Å². The fraction of sp³-hybridized carbons (Fsp3) is 0.474. The zero-order chi connectivity index (χ0) is 21.5. The van der Waals surface area contributed by atoms with Crippen LogP contribution in [0.1, 0.15) is 30.9 Å². The Morgan fingerprint density at radius 3 is 2.55 bits per heavy atom. The summed E-state index contributed by atoms with van der Waals surface area (Å²) in [6.07, 6.45) is -3.70. The van der Waals surface area contributed by atoms with E-state index in [0.29, 0.717) is 30.6 Å². The lowest BCUT2D eigenvalue weighted by atomic mass is 10.0. The van der Waals surface area contributed by atoms with Crippen molar-refractivity contribution in [1.29, 1.82) is 0 Å². The summed E-state index contributed by atoms with van der Waals surface area (Å²) in [4.78, 5) is 7.99. The summed E-state index contributed by atoms with van der Waals surface area (Å²) in [6, 6.07) is 5.56. The molecule has 0 bridgehead atoms. The normalized spacial score (nSPS) is 14.4. The number of hydrogen-bond donors (Lipinski definition) is 3. The van der Waals surface area contributed by atoms with E-state index in [4.69, 9.17) is 9.15 Å². The van der Waals surface area contributed by atoms with Gasteiger partial charge in [0.2, 0.25) is 5.88 Å². The van der Waals surface area contributed by atoms with Crippen LogP contribution in [0.15, 0.2) is 39.9 Å². The van der Waals surface area contributed by atoms with Gasteiger partial charge in [-0.3, -0.25) is 0 Å². The molecule has 1 atom stereocenters. The minimum atomic E-state index is -4.43. The number of hydrogen-bond acceptors (Lipinski definition) is 5. The highest BCUT2D eigenvalue weighted by molar-refractivity contribution is 5.79. The van der Waals surface area contributed by atoms with E-state index in [0.717, 1.165) is 12.3 Å². The molecule has 2 aromatic rings. The van der Waals surface area contributed by atoms with Crippen LogP contribution in [0.3, 0.4) is 0 Å². The smallest absolute Gasteiger partial charge is 0.417 e. The molecule has 0 amide bonds. The number of aliphatic hydroxyl groups is 1. The molecule has 29 heavy (non-hydrogen) atoms. The van der Waals surface area contributed by atoms with Gasteiger partial charge in [0.25, 0.3) is 0 Å². The van der Waals surface area contributed by atoms with Crippen molar-refractivity contribution in [3.8, 4) is 5.88 Å². The molecule has 10 heteroatoms. The van der Waals surface area contributed by atoms with Crippen LogP contribution in [0.2, 0.25) is 0 Å². The van der Waals surface area contributed by atoms with Gasteiger partial charge in [-0.1, -0.05) is 0 Å². The van der Waals surface area contributed by atoms with Gasteiger partial charge >= 0.3 is 6.18 Å². The third kappa shape index (κ3) is 6.97. The molecule has 2 rings (SSSR count). The van der Waals surface area contributed by atoms with Crippen molar-refractivity contribution in [3.63, 3.8) is 0 Å². The van der Waals surface area contributed by atoms with Crippen molar-refractivity contribution < 1.29 is 27.4 Å². The fourth-order valence-electron chi connectivity index (χ4n) is 2.34. The molecule has 0 aliphatic carbocycles. The predicted octanol–water partition coefficient (Wildman–Crippen LogP) is 2.84. The largest absolute Gasteiger partial charge is 0.476 e. The number of aryl methyl sites for hydroxylation is 1. The zero-order valence-electron chi connectivity index (χ0n) is 16.5. The Bertz CT molecular complexity index is 802. The SMILES string of the molecule is CCNC(=NCC(C)(O)c1ccc(C)o1)NCCOc1ccc(C(F)(F)F)cn1. The lowest BCUT2D eigenvalue weighted by Gasteiger charge is -2.19. The number of nitrogens with one attached hydrogen (secondary N) is 2. The molecule has 0 radical (unpaired) electrons. The summed E-state index contributed by atoms with van der Waals surface area (Å²) in [5, 5.41) is 16.6. The number of nitrogens with zero attached hydrogens (tertiary/aromatic N) is 2. The van der Waals surface area contributed by atoms with Gasteiger partial charge in [-0.15, -0.1) is 0 Å². The highest BCUT2D eigenvalue weighted by Crippen LogP contribution is 2.29. The first-order valence-electron chi connectivity index (χ1n) is 9.09. The average molecular weight is 414 g/mol. The molecular weight excluding hydrogens is 389 g/mol. The summed E-state index contributed by atoms with van der Waals surface area (Å²) in [5.74, 6) is 1.67. The lowest BCUT2D eigenvalue weighted by Crippen LogP contribution is -2.40.